The normalized spacial score (nSPS) is 13.1. The summed E-state index contributed by atoms with van der Waals surface area (Å²) < 4.78 is 1.74. The molecule has 0 aliphatic carbocycles. The second kappa shape index (κ2) is 6.57. The first-order valence-electron chi connectivity index (χ1n) is 7.62. The Kier molecular flexibility index (Phi) is 4.33. The van der Waals surface area contributed by atoms with Gasteiger partial charge in [0.1, 0.15) is 7.05 Å². The second-order valence-electron chi connectivity index (χ2n) is 5.52. The molecule has 7 nitrogen and oxygen atoms in total. The fourth-order valence-corrected chi connectivity index (χ4v) is 2.58. The van der Waals surface area contributed by atoms with Gasteiger partial charge in [0.25, 0.3) is 17.7 Å². The van der Waals surface area contributed by atoms with Crippen molar-refractivity contribution in [1.29, 1.82) is 0 Å². The van der Waals surface area contributed by atoms with Crippen molar-refractivity contribution in [2.45, 2.75) is 6.42 Å². The lowest BCUT2D eigenvalue weighted by Crippen LogP contribution is -2.35. The van der Waals surface area contributed by atoms with Gasteiger partial charge >= 0.3 is 0 Å². The van der Waals surface area contributed by atoms with Crippen LogP contribution in [0.2, 0.25) is 0 Å². The Morgan fingerprint density at radius 2 is 1.88 bits per heavy atom. The molecule has 0 radical (unpaired) electrons. The van der Waals surface area contributed by atoms with E-state index in [0.717, 1.165) is 0 Å². The number of fused-ring (bicyclic) bond motifs is 1. The molecule has 24 heavy (non-hydrogen) atoms. The van der Waals surface area contributed by atoms with Crippen molar-refractivity contribution in [2.24, 2.45) is 7.05 Å². The van der Waals surface area contributed by atoms with E-state index >= 15 is 0 Å². The van der Waals surface area contributed by atoms with Crippen LogP contribution in [0.15, 0.2) is 42.9 Å². The summed E-state index contributed by atoms with van der Waals surface area (Å²) in [5, 5.41) is 2.74. The van der Waals surface area contributed by atoms with Crippen LogP contribution in [-0.4, -0.2) is 40.7 Å². The number of carbonyl (C=O) groups is 3. The van der Waals surface area contributed by atoms with Crippen LogP contribution >= 0.6 is 0 Å². The lowest BCUT2D eigenvalue weighted by molar-refractivity contribution is -0.672. The molecule has 1 aliphatic heterocycles. The molecule has 0 fully saturated rings. The molecule has 2 aromatic rings. The maximum absolute atomic E-state index is 12.2. The zero-order valence-electron chi connectivity index (χ0n) is 13.2. The average molecular weight is 325 g/mol. The van der Waals surface area contributed by atoms with Crippen LogP contribution < -0.4 is 9.88 Å². The summed E-state index contributed by atoms with van der Waals surface area (Å²) in [7, 11) is 1.81. The minimum absolute atomic E-state index is 0.266. The summed E-state index contributed by atoms with van der Waals surface area (Å²) >= 11 is 0. The molecule has 1 aromatic heterocycles. The van der Waals surface area contributed by atoms with E-state index in [0.29, 0.717) is 29.8 Å². The largest absolute Gasteiger partial charge is 0.350 e. The number of hydrogen-bond acceptors (Lipinski definition) is 4. The molecule has 7 heteroatoms. The molecule has 1 N–H and O–H groups in total. The predicted octanol–water partition coefficient (Wildman–Crippen LogP) is 0.322. The van der Waals surface area contributed by atoms with Crippen molar-refractivity contribution >= 4 is 17.7 Å². The third-order valence-electron chi connectivity index (χ3n) is 3.80. The SMILES string of the molecule is C[n+]1ccnc(C(=O)NCCCN2C(=O)c3ccccc3C2=O)c1. The standard InChI is InChI=1S/C17H16N4O3/c1-20-10-8-18-14(11-20)15(22)19-7-4-9-21-16(23)12-5-2-3-6-13(12)17(21)24/h2-3,5-6,8,10-11H,4,7,9H2,1H3/p+1. The fourth-order valence-electron chi connectivity index (χ4n) is 2.58. The van der Waals surface area contributed by atoms with Gasteiger partial charge in [0.2, 0.25) is 0 Å². The van der Waals surface area contributed by atoms with Crippen molar-refractivity contribution in [3.63, 3.8) is 0 Å². The van der Waals surface area contributed by atoms with Crippen LogP contribution in [-0.2, 0) is 7.05 Å². The number of aryl methyl sites for hydroxylation is 1. The van der Waals surface area contributed by atoms with Crippen molar-refractivity contribution < 1.29 is 19.0 Å². The molecule has 1 aromatic carbocycles. The Balaban J connectivity index is 1.52. The zero-order valence-corrected chi connectivity index (χ0v) is 13.2. The summed E-state index contributed by atoms with van der Waals surface area (Å²) in [6, 6.07) is 6.78. The monoisotopic (exact) mass is 325 g/mol. The molecule has 122 valence electrons. The second-order valence-corrected chi connectivity index (χ2v) is 5.52. The van der Waals surface area contributed by atoms with Crippen molar-refractivity contribution in [3.05, 3.63) is 59.7 Å². The molecule has 0 bridgehead atoms. The van der Waals surface area contributed by atoms with E-state index in [-0.39, 0.29) is 24.3 Å². The first-order valence-corrected chi connectivity index (χ1v) is 7.62. The lowest BCUT2D eigenvalue weighted by atomic mass is 10.1. The van der Waals surface area contributed by atoms with Crippen LogP contribution in [0.25, 0.3) is 0 Å². The molecule has 0 saturated carbocycles. The maximum atomic E-state index is 12.2. The number of benzene rings is 1. The van der Waals surface area contributed by atoms with Crippen molar-refractivity contribution in [2.75, 3.05) is 13.1 Å². The van der Waals surface area contributed by atoms with Gasteiger partial charge in [-0.1, -0.05) is 12.1 Å². The smallest absolute Gasteiger partial charge is 0.276 e. The molecule has 1 aliphatic rings. The average Bonchev–Trinajstić information content (AvgIpc) is 2.83. The summed E-state index contributed by atoms with van der Waals surface area (Å²) in [6.07, 6.45) is 5.39. The predicted molar refractivity (Wildman–Crippen MR) is 84.2 cm³/mol. The van der Waals surface area contributed by atoms with E-state index < -0.39 is 0 Å². The van der Waals surface area contributed by atoms with E-state index in [4.69, 9.17) is 0 Å². The van der Waals surface area contributed by atoms with Gasteiger partial charge < -0.3 is 5.32 Å². The van der Waals surface area contributed by atoms with Gasteiger partial charge in [0, 0.05) is 13.1 Å². The zero-order chi connectivity index (χ0) is 17.1. The number of aromatic nitrogens is 2. The molecule has 0 saturated heterocycles. The van der Waals surface area contributed by atoms with Gasteiger partial charge in [-0.2, -0.15) is 0 Å². The van der Waals surface area contributed by atoms with Gasteiger partial charge in [-0.25, -0.2) is 9.55 Å². The Morgan fingerprint density at radius 1 is 1.21 bits per heavy atom. The first kappa shape index (κ1) is 15.8. The topological polar surface area (TPSA) is 83.2 Å². The molecule has 0 unspecified atom stereocenters. The van der Waals surface area contributed by atoms with E-state index in [1.807, 2.05) is 0 Å². The van der Waals surface area contributed by atoms with Crippen molar-refractivity contribution in [1.82, 2.24) is 15.2 Å². The van der Waals surface area contributed by atoms with Gasteiger partial charge in [-0.3, -0.25) is 19.3 Å². The molecule has 0 spiro atoms. The summed E-state index contributed by atoms with van der Waals surface area (Å²) in [4.78, 5) is 41.6. The molecule has 3 rings (SSSR count). The van der Waals surface area contributed by atoms with Gasteiger partial charge in [-0.05, 0) is 18.6 Å². The third kappa shape index (κ3) is 3.01. The number of imide groups is 1. The molecule has 0 atom stereocenters. The fraction of sp³-hybridized carbons (Fsp3) is 0.235. The Morgan fingerprint density at radius 3 is 2.50 bits per heavy atom. The quantitative estimate of drug-likeness (QED) is 0.488. The number of carbonyl (C=O) groups excluding carboxylic acids is 3. The summed E-state index contributed by atoms with van der Waals surface area (Å²) in [5.41, 5.74) is 1.20. The first-order chi connectivity index (χ1) is 11.6. The van der Waals surface area contributed by atoms with Crippen LogP contribution in [0.1, 0.15) is 37.6 Å². The van der Waals surface area contributed by atoms with E-state index in [1.54, 1.807) is 54.5 Å². The molecule has 2 heterocycles. The number of nitrogens with zero attached hydrogens (tertiary/aromatic N) is 3. The van der Waals surface area contributed by atoms with Crippen LogP contribution in [0.5, 0.6) is 0 Å². The highest BCUT2D eigenvalue weighted by atomic mass is 16.2. The Labute approximate surface area is 138 Å². The highest BCUT2D eigenvalue weighted by Crippen LogP contribution is 2.22. The van der Waals surface area contributed by atoms with Gasteiger partial charge in [0.05, 0.1) is 17.3 Å². The minimum atomic E-state index is -0.284. The lowest BCUT2D eigenvalue weighted by Gasteiger charge is -2.13. The number of amides is 3. The van der Waals surface area contributed by atoms with Crippen LogP contribution in [0.4, 0.5) is 0 Å². The number of rotatable bonds is 5. The minimum Gasteiger partial charge on any atom is -0.350 e. The van der Waals surface area contributed by atoms with Gasteiger partial charge in [-0.15, -0.1) is 0 Å². The highest BCUT2D eigenvalue weighted by Gasteiger charge is 2.34. The van der Waals surface area contributed by atoms with E-state index in [2.05, 4.69) is 10.3 Å². The van der Waals surface area contributed by atoms with E-state index in [9.17, 15) is 14.4 Å². The Bertz CT molecular complexity index is 784. The summed E-state index contributed by atoms with van der Waals surface area (Å²) in [5.74, 6) is -0.842. The number of nitrogens with one attached hydrogen (secondary N) is 1. The van der Waals surface area contributed by atoms with Crippen LogP contribution in [0.3, 0.4) is 0 Å². The molecular weight excluding hydrogens is 308 g/mol. The summed E-state index contributed by atoms with van der Waals surface area (Å²) in [6.45, 7) is 0.620. The molecule has 3 amide bonds. The van der Waals surface area contributed by atoms with E-state index in [1.165, 1.54) is 4.90 Å². The van der Waals surface area contributed by atoms with Crippen LogP contribution in [0, 0.1) is 0 Å². The van der Waals surface area contributed by atoms with Crippen molar-refractivity contribution in [3.8, 4) is 0 Å². The van der Waals surface area contributed by atoms with Gasteiger partial charge in [0.15, 0.2) is 18.1 Å². The highest BCUT2D eigenvalue weighted by molar-refractivity contribution is 6.21. The third-order valence-corrected chi connectivity index (χ3v) is 3.80. The Hall–Kier alpha value is -3.09. The number of hydrogen-bond donors (Lipinski definition) is 1. The molecular formula is C17H17N4O3+. The maximum Gasteiger partial charge on any atom is 0.276 e.